The molecule has 0 aromatic heterocycles. The monoisotopic (exact) mass is 755 g/mol. The summed E-state index contributed by atoms with van der Waals surface area (Å²) in [5, 5.41) is 4.92. The van der Waals surface area contributed by atoms with Crippen LogP contribution in [0.4, 0.5) is 14.0 Å². The van der Waals surface area contributed by atoms with Gasteiger partial charge in [0.15, 0.2) is 0 Å². The summed E-state index contributed by atoms with van der Waals surface area (Å²) >= 11 is 0. The second kappa shape index (κ2) is 13.9. The Balaban J connectivity index is 1.02. The summed E-state index contributed by atoms with van der Waals surface area (Å²) in [5.41, 5.74) is -0.492. The molecular weight excluding hydrogens is 709 g/mol. The number of halogens is 1. The Kier molecular flexibility index (Phi) is 9.38. The first-order chi connectivity index (χ1) is 25.4. The Morgan fingerprint density at radius 2 is 1.74 bits per heavy atom. The van der Waals surface area contributed by atoms with Gasteiger partial charge in [-0.3, -0.25) is 24.0 Å². The maximum atomic E-state index is 14.4. The maximum Gasteiger partial charge on any atom is 0.410 e. The van der Waals surface area contributed by atoms with Gasteiger partial charge in [-0.05, 0) is 81.3 Å². The van der Waals surface area contributed by atoms with Gasteiger partial charge < -0.3 is 25.0 Å². The summed E-state index contributed by atoms with van der Waals surface area (Å²) in [7, 11) is -3.92. The summed E-state index contributed by atoms with van der Waals surface area (Å²) in [6, 6.07) is 2.38. The van der Waals surface area contributed by atoms with Crippen molar-refractivity contribution in [1.29, 1.82) is 0 Å². The van der Waals surface area contributed by atoms with E-state index >= 15 is 0 Å². The molecule has 8 rings (SSSR count). The van der Waals surface area contributed by atoms with Gasteiger partial charge in [-0.25, -0.2) is 22.4 Å². The van der Waals surface area contributed by atoms with Crippen LogP contribution in [0.2, 0.25) is 0 Å². The number of amides is 5. The molecular formula is C37H46FN5O9S. The van der Waals surface area contributed by atoms with Crippen molar-refractivity contribution in [3.63, 3.8) is 0 Å². The molecule has 4 aliphatic carbocycles. The molecule has 1 unspecified atom stereocenters. The molecule has 1 saturated heterocycles. The number of sulfonamides is 1. The number of nitrogens with one attached hydrogen (secondary N) is 3. The highest BCUT2D eigenvalue weighted by Gasteiger charge is 2.62. The average Bonchev–Trinajstić information content (AvgIpc) is 4.07. The summed E-state index contributed by atoms with van der Waals surface area (Å²) in [4.78, 5) is 71.4. The van der Waals surface area contributed by atoms with Crippen LogP contribution in [-0.4, -0.2) is 89.8 Å². The fraction of sp³-hybridized carbons (Fsp3) is 0.649. The van der Waals surface area contributed by atoms with Crippen molar-refractivity contribution in [2.75, 3.05) is 6.54 Å². The van der Waals surface area contributed by atoms with Gasteiger partial charge in [0, 0.05) is 24.4 Å². The molecule has 0 bridgehead atoms. The van der Waals surface area contributed by atoms with E-state index in [1.54, 1.807) is 12.1 Å². The largest absolute Gasteiger partial charge is 0.446 e. The normalized spacial score (nSPS) is 34.2. The van der Waals surface area contributed by atoms with Gasteiger partial charge in [-0.2, -0.15) is 0 Å². The van der Waals surface area contributed by atoms with Crippen molar-refractivity contribution in [1.82, 2.24) is 25.2 Å². The zero-order valence-electron chi connectivity index (χ0n) is 29.5. The van der Waals surface area contributed by atoms with Crippen molar-refractivity contribution in [2.45, 2.75) is 125 Å². The van der Waals surface area contributed by atoms with Gasteiger partial charge in [-0.1, -0.05) is 37.1 Å². The minimum absolute atomic E-state index is 0.00696. The number of alkyl carbamates (subject to hydrolysis) is 1. The first-order valence-electron chi connectivity index (χ1n) is 18.9. The molecule has 5 fully saturated rings. The van der Waals surface area contributed by atoms with Crippen molar-refractivity contribution >= 4 is 39.9 Å². The molecule has 1 aromatic rings. The Bertz CT molecular complexity index is 1830. The average molecular weight is 756 g/mol. The molecule has 286 valence electrons. The van der Waals surface area contributed by atoms with E-state index in [1.165, 1.54) is 15.9 Å². The summed E-state index contributed by atoms with van der Waals surface area (Å²) in [6.45, 7) is -0.0271. The first-order valence-corrected chi connectivity index (χ1v) is 20.5. The summed E-state index contributed by atoms with van der Waals surface area (Å²) in [6.07, 6.45) is 7.97. The van der Waals surface area contributed by atoms with Gasteiger partial charge >= 0.3 is 12.2 Å². The topological polar surface area (TPSA) is 181 Å². The molecule has 1 aromatic carbocycles. The third kappa shape index (κ3) is 7.47. The third-order valence-corrected chi connectivity index (χ3v) is 13.9. The van der Waals surface area contributed by atoms with Gasteiger partial charge in [0.1, 0.15) is 35.6 Å². The molecule has 53 heavy (non-hydrogen) atoms. The van der Waals surface area contributed by atoms with E-state index in [1.807, 2.05) is 12.2 Å². The molecule has 8 atom stereocenters. The smallest absolute Gasteiger partial charge is 0.410 e. The maximum absolute atomic E-state index is 14.4. The molecule has 4 saturated carbocycles. The number of hydrogen-bond donors (Lipinski definition) is 3. The number of rotatable bonds is 6. The van der Waals surface area contributed by atoms with E-state index in [2.05, 4.69) is 15.4 Å². The minimum atomic E-state index is -3.92. The summed E-state index contributed by atoms with van der Waals surface area (Å²) < 4.78 is 53.7. The van der Waals surface area contributed by atoms with Gasteiger partial charge in [0.2, 0.25) is 21.8 Å². The van der Waals surface area contributed by atoms with Gasteiger partial charge in [0.05, 0.1) is 18.3 Å². The predicted octanol–water partition coefficient (Wildman–Crippen LogP) is 3.14. The fourth-order valence-corrected chi connectivity index (χ4v) is 10.0. The Labute approximate surface area is 307 Å². The number of carbonyl (C=O) groups excluding carboxylic acids is 5. The fourth-order valence-electron chi connectivity index (χ4n) is 8.66. The van der Waals surface area contributed by atoms with Crippen LogP contribution in [0.5, 0.6) is 0 Å². The molecule has 16 heteroatoms. The van der Waals surface area contributed by atoms with Crippen molar-refractivity contribution < 1.29 is 46.3 Å². The lowest BCUT2D eigenvalue weighted by molar-refractivity contribution is -0.141. The van der Waals surface area contributed by atoms with Crippen LogP contribution in [0.15, 0.2) is 30.4 Å². The van der Waals surface area contributed by atoms with Crippen LogP contribution in [0.1, 0.15) is 88.2 Å². The lowest BCUT2D eigenvalue weighted by Crippen LogP contribution is -2.58. The SMILES string of the molecule is O=C(N[C@H]1CCCCC/C=C\[C@@H]2C[C@@]2(C(=O)NS(=O)(=O)C2CC2)NC(=O)[C@@H]2C[C@@H](OC(=O)N3Cc4cccc(F)c4C3)CN2C1=O)OC1C[C@@H]2C[C@@H]2C1. The summed E-state index contributed by atoms with van der Waals surface area (Å²) in [5.74, 6) is -1.81. The number of carbonyl (C=O) groups is 5. The van der Waals surface area contributed by atoms with Crippen LogP contribution >= 0.6 is 0 Å². The Hall–Kier alpha value is -4.21. The number of allylic oxidation sites excluding steroid dienone is 1. The van der Waals surface area contributed by atoms with Crippen molar-refractivity contribution in [3.05, 3.63) is 47.3 Å². The molecule has 0 radical (unpaired) electrons. The van der Waals surface area contributed by atoms with Crippen LogP contribution in [0, 0.1) is 23.6 Å². The quantitative estimate of drug-likeness (QED) is 0.368. The number of fused-ring (bicyclic) bond motifs is 4. The molecule has 14 nitrogen and oxygen atoms in total. The molecule has 3 heterocycles. The zero-order valence-corrected chi connectivity index (χ0v) is 30.3. The van der Waals surface area contributed by atoms with E-state index in [9.17, 15) is 36.8 Å². The zero-order chi connectivity index (χ0) is 37.1. The van der Waals surface area contributed by atoms with Crippen molar-refractivity contribution in [2.24, 2.45) is 17.8 Å². The highest BCUT2D eigenvalue weighted by molar-refractivity contribution is 7.91. The second-order valence-electron chi connectivity index (χ2n) is 15.9. The Morgan fingerprint density at radius 1 is 0.943 bits per heavy atom. The van der Waals surface area contributed by atoms with Crippen LogP contribution in [0.25, 0.3) is 0 Å². The number of benzene rings is 1. The molecule has 0 spiro atoms. The van der Waals surface area contributed by atoms with E-state index in [4.69, 9.17) is 9.47 Å². The second-order valence-corrected chi connectivity index (χ2v) is 17.9. The van der Waals surface area contributed by atoms with E-state index < -0.39 is 80.6 Å². The van der Waals surface area contributed by atoms with Crippen LogP contribution in [-0.2, 0) is 47.0 Å². The lowest BCUT2D eigenvalue weighted by atomic mass is 10.0. The molecule has 5 amide bonds. The van der Waals surface area contributed by atoms with Crippen LogP contribution < -0.4 is 15.4 Å². The minimum Gasteiger partial charge on any atom is -0.446 e. The van der Waals surface area contributed by atoms with Gasteiger partial charge in [-0.15, -0.1) is 0 Å². The number of hydrogen-bond acceptors (Lipinski definition) is 9. The van der Waals surface area contributed by atoms with Crippen LogP contribution in [0.3, 0.4) is 0 Å². The standard InChI is InChI=1S/C37H46FN5O9S/c38-29-9-6-7-21-18-42(20-28(21)29)36(48)52-26-16-31-32(44)40-37(34(46)41-53(49,50)27-11-12-27)17-24(37)8-4-2-1-3-5-10-30(33(45)43(31)19-26)39-35(47)51-25-14-22-13-23(22)15-25/h4,6-9,22-27,30-31H,1-3,5,10-20H2,(H,39,47)(H,40,44)(H,41,46)/b8-4-/t22-,23+,24-,25?,26-,30+,31+,37-/m1/s1. The molecule has 7 aliphatic rings. The number of ether oxygens (including phenoxy) is 2. The van der Waals surface area contributed by atoms with E-state index in [0.29, 0.717) is 48.6 Å². The third-order valence-electron chi connectivity index (χ3n) is 12.1. The first kappa shape index (κ1) is 35.8. The van der Waals surface area contributed by atoms with Crippen molar-refractivity contribution in [3.8, 4) is 0 Å². The van der Waals surface area contributed by atoms with Gasteiger partial charge in [0.25, 0.3) is 5.91 Å². The Morgan fingerprint density at radius 3 is 2.49 bits per heavy atom. The lowest BCUT2D eigenvalue weighted by Gasteiger charge is -2.30. The predicted molar refractivity (Wildman–Crippen MR) is 185 cm³/mol. The molecule has 3 aliphatic heterocycles. The molecule has 3 N–H and O–H groups in total. The van der Waals surface area contributed by atoms with E-state index in [-0.39, 0.29) is 45.0 Å². The highest BCUT2D eigenvalue weighted by atomic mass is 32.2. The number of nitrogens with zero attached hydrogens (tertiary/aromatic N) is 2. The highest BCUT2D eigenvalue weighted by Crippen LogP contribution is 2.52. The van der Waals surface area contributed by atoms with E-state index in [0.717, 1.165) is 32.1 Å².